The van der Waals surface area contributed by atoms with E-state index in [-0.39, 0.29) is 0 Å². The summed E-state index contributed by atoms with van der Waals surface area (Å²) in [5, 5.41) is 3.44. The van der Waals surface area contributed by atoms with Gasteiger partial charge in [-0.25, -0.2) is 0 Å². The Balaban J connectivity index is 1.77. The van der Waals surface area contributed by atoms with Crippen LogP contribution in [0.25, 0.3) is 0 Å². The van der Waals surface area contributed by atoms with Crippen molar-refractivity contribution in [3.8, 4) is 5.75 Å². The summed E-state index contributed by atoms with van der Waals surface area (Å²) in [6.07, 6.45) is 2.62. The van der Waals surface area contributed by atoms with Crippen LogP contribution in [0.1, 0.15) is 38.2 Å². The maximum Gasteiger partial charge on any atom is 0.120 e. The lowest BCUT2D eigenvalue weighted by Gasteiger charge is -2.11. The van der Waals surface area contributed by atoms with Gasteiger partial charge in [0.05, 0.1) is 0 Å². The summed E-state index contributed by atoms with van der Waals surface area (Å²) >= 11 is 0. The monoisotopic (exact) mass is 245 g/mol. The Bertz CT molecular complexity index is 407. The molecule has 0 amide bonds. The van der Waals surface area contributed by atoms with Crippen molar-refractivity contribution in [2.75, 3.05) is 13.2 Å². The smallest absolute Gasteiger partial charge is 0.120 e. The molecule has 2 rings (SSSR count). The van der Waals surface area contributed by atoms with E-state index in [2.05, 4.69) is 43.9 Å². The topological polar surface area (TPSA) is 21.3 Å². The highest BCUT2D eigenvalue weighted by atomic mass is 16.5. The molecule has 1 fully saturated rings. The summed E-state index contributed by atoms with van der Waals surface area (Å²) in [5.41, 5.74) is 2.42. The second kappa shape index (κ2) is 6.05. The Hall–Kier alpha value is -1.28. The number of hydrogen-bond donors (Lipinski definition) is 1. The van der Waals surface area contributed by atoms with Crippen LogP contribution >= 0.6 is 0 Å². The van der Waals surface area contributed by atoms with Crippen LogP contribution in [0.3, 0.4) is 0 Å². The van der Waals surface area contributed by atoms with Gasteiger partial charge in [-0.2, -0.15) is 0 Å². The van der Waals surface area contributed by atoms with Gasteiger partial charge in [0.15, 0.2) is 0 Å². The third-order valence-corrected chi connectivity index (χ3v) is 3.19. The van der Waals surface area contributed by atoms with E-state index in [1.54, 1.807) is 0 Å². The molecule has 1 N–H and O–H groups in total. The molecule has 0 spiro atoms. The van der Waals surface area contributed by atoms with Crippen molar-refractivity contribution >= 4 is 0 Å². The number of benzene rings is 1. The standard InChI is InChI=1S/C16H23NO/c1-12(2)14-5-4-6-16(9-14)18-11-13(3)10-17-15-7-8-15/h4-6,9,12,15,17H,3,7-8,10-11H2,1-2H3. The van der Waals surface area contributed by atoms with Crippen molar-refractivity contribution in [2.45, 2.75) is 38.6 Å². The Morgan fingerprint density at radius 2 is 2.22 bits per heavy atom. The van der Waals surface area contributed by atoms with Crippen LogP contribution in [0, 0.1) is 0 Å². The number of ether oxygens (including phenoxy) is 1. The minimum Gasteiger partial charge on any atom is -0.489 e. The van der Waals surface area contributed by atoms with E-state index in [0.717, 1.165) is 23.9 Å². The summed E-state index contributed by atoms with van der Waals surface area (Å²) in [7, 11) is 0. The highest BCUT2D eigenvalue weighted by Crippen LogP contribution is 2.21. The Labute approximate surface area is 110 Å². The first-order chi connectivity index (χ1) is 8.65. The van der Waals surface area contributed by atoms with Crippen LogP contribution in [0.4, 0.5) is 0 Å². The maximum absolute atomic E-state index is 5.77. The van der Waals surface area contributed by atoms with Crippen LogP contribution in [0.5, 0.6) is 5.75 Å². The van der Waals surface area contributed by atoms with Crippen LogP contribution in [0.15, 0.2) is 36.4 Å². The van der Waals surface area contributed by atoms with Gasteiger partial charge >= 0.3 is 0 Å². The molecule has 2 heteroatoms. The summed E-state index contributed by atoms with van der Waals surface area (Å²) in [6.45, 7) is 9.89. The van der Waals surface area contributed by atoms with Gasteiger partial charge in [-0.15, -0.1) is 0 Å². The van der Waals surface area contributed by atoms with Crippen LogP contribution < -0.4 is 10.1 Å². The molecular weight excluding hydrogens is 222 g/mol. The Morgan fingerprint density at radius 3 is 2.89 bits per heavy atom. The lowest BCUT2D eigenvalue weighted by Crippen LogP contribution is -2.21. The number of rotatable bonds is 7. The molecule has 18 heavy (non-hydrogen) atoms. The molecule has 1 aliphatic carbocycles. The van der Waals surface area contributed by atoms with E-state index < -0.39 is 0 Å². The first-order valence-electron chi connectivity index (χ1n) is 6.78. The molecule has 0 unspecified atom stereocenters. The fourth-order valence-corrected chi connectivity index (χ4v) is 1.78. The van der Waals surface area contributed by atoms with Crippen molar-refractivity contribution in [1.82, 2.24) is 5.32 Å². The van der Waals surface area contributed by atoms with E-state index in [1.807, 2.05) is 6.07 Å². The number of nitrogens with one attached hydrogen (secondary N) is 1. The van der Waals surface area contributed by atoms with Crippen molar-refractivity contribution < 1.29 is 4.74 Å². The average molecular weight is 245 g/mol. The van der Waals surface area contributed by atoms with Crippen molar-refractivity contribution in [1.29, 1.82) is 0 Å². The molecule has 0 saturated heterocycles. The van der Waals surface area contributed by atoms with Crippen molar-refractivity contribution in [3.05, 3.63) is 42.0 Å². The van der Waals surface area contributed by atoms with E-state index in [4.69, 9.17) is 4.74 Å². The van der Waals surface area contributed by atoms with Crippen LogP contribution in [-0.2, 0) is 0 Å². The predicted octanol–water partition coefficient (Wildman–Crippen LogP) is 3.50. The Morgan fingerprint density at radius 1 is 1.44 bits per heavy atom. The highest BCUT2D eigenvalue weighted by Gasteiger charge is 2.20. The molecule has 1 aliphatic rings. The number of hydrogen-bond acceptors (Lipinski definition) is 2. The molecule has 0 bridgehead atoms. The van der Waals surface area contributed by atoms with Gasteiger partial charge < -0.3 is 10.1 Å². The molecule has 0 heterocycles. The van der Waals surface area contributed by atoms with Crippen molar-refractivity contribution in [3.63, 3.8) is 0 Å². The minimum absolute atomic E-state index is 0.535. The highest BCUT2D eigenvalue weighted by molar-refractivity contribution is 5.30. The summed E-state index contributed by atoms with van der Waals surface area (Å²) in [6, 6.07) is 9.04. The van der Waals surface area contributed by atoms with Crippen LogP contribution in [0.2, 0.25) is 0 Å². The quantitative estimate of drug-likeness (QED) is 0.742. The van der Waals surface area contributed by atoms with E-state index >= 15 is 0 Å². The predicted molar refractivity (Wildman–Crippen MR) is 76.2 cm³/mol. The van der Waals surface area contributed by atoms with Crippen molar-refractivity contribution in [2.24, 2.45) is 0 Å². The molecule has 1 aromatic rings. The van der Waals surface area contributed by atoms with Gasteiger partial charge in [0, 0.05) is 12.6 Å². The summed E-state index contributed by atoms with van der Waals surface area (Å²) in [5.74, 6) is 1.47. The van der Waals surface area contributed by atoms with E-state index in [1.165, 1.54) is 18.4 Å². The molecule has 2 nitrogen and oxygen atoms in total. The maximum atomic E-state index is 5.77. The Kier molecular flexibility index (Phi) is 4.43. The van der Waals surface area contributed by atoms with Gasteiger partial charge in [-0.1, -0.05) is 32.6 Å². The zero-order valence-corrected chi connectivity index (χ0v) is 11.4. The molecular formula is C16H23NO. The molecule has 1 saturated carbocycles. The average Bonchev–Trinajstić information content (AvgIpc) is 3.18. The fraction of sp³-hybridized carbons (Fsp3) is 0.500. The minimum atomic E-state index is 0.535. The molecule has 98 valence electrons. The summed E-state index contributed by atoms with van der Waals surface area (Å²) < 4.78 is 5.77. The first kappa shape index (κ1) is 13.2. The fourth-order valence-electron chi connectivity index (χ4n) is 1.78. The van der Waals surface area contributed by atoms with E-state index in [0.29, 0.717) is 12.5 Å². The van der Waals surface area contributed by atoms with E-state index in [9.17, 15) is 0 Å². The SMILES string of the molecule is C=C(CNC1CC1)COc1cccc(C(C)C)c1. The third-order valence-electron chi connectivity index (χ3n) is 3.19. The third kappa shape index (κ3) is 4.19. The lowest BCUT2D eigenvalue weighted by atomic mass is 10.0. The molecule has 0 atom stereocenters. The van der Waals surface area contributed by atoms with Gasteiger partial charge in [-0.3, -0.25) is 0 Å². The molecule has 0 aliphatic heterocycles. The lowest BCUT2D eigenvalue weighted by molar-refractivity contribution is 0.347. The summed E-state index contributed by atoms with van der Waals surface area (Å²) in [4.78, 5) is 0. The zero-order chi connectivity index (χ0) is 13.0. The molecule has 1 aromatic carbocycles. The molecule has 0 radical (unpaired) electrons. The van der Waals surface area contributed by atoms with Gasteiger partial charge in [-0.05, 0) is 42.0 Å². The van der Waals surface area contributed by atoms with Gasteiger partial charge in [0.2, 0.25) is 0 Å². The zero-order valence-electron chi connectivity index (χ0n) is 11.4. The largest absolute Gasteiger partial charge is 0.489 e. The first-order valence-corrected chi connectivity index (χ1v) is 6.78. The normalized spacial score (nSPS) is 14.8. The van der Waals surface area contributed by atoms with Crippen LogP contribution in [-0.4, -0.2) is 19.2 Å². The second-order valence-electron chi connectivity index (χ2n) is 5.42. The second-order valence-corrected chi connectivity index (χ2v) is 5.42. The van der Waals surface area contributed by atoms with Gasteiger partial charge in [0.1, 0.15) is 12.4 Å². The molecule has 0 aromatic heterocycles. The van der Waals surface area contributed by atoms with Gasteiger partial charge in [0.25, 0.3) is 0 Å².